The largest absolute Gasteiger partial charge is 0.512 e. The molecule has 0 unspecified atom stereocenters. The average Bonchev–Trinajstić information content (AvgIpc) is 3.13. The third-order valence-electron chi connectivity index (χ3n) is 12.6. The zero-order chi connectivity index (χ0) is 37.1. The number of carbonyl (C=O) groups is 1. The molecule has 0 spiro atoms. The molecule has 1 radical (unpaired) electrons. The number of allylic oxidation sites excluding steroid dienone is 2. The van der Waals surface area contributed by atoms with Crippen LogP contribution in [0.25, 0.3) is 43.6 Å². The quantitative estimate of drug-likeness (QED) is 0.0695. The number of rotatable bonds is 9. The van der Waals surface area contributed by atoms with Gasteiger partial charge in [0.1, 0.15) is 5.76 Å². The van der Waals surface area contributed by atoms with Crippen LogP contribution in [-0.2, 0) is 24.9 Å². The predicted octanol–water partition coefficient (Wildman–Crippen LogP) is 14.0. The molecule has 0 aliphatic heterocycles. The van der Waals surface area contributed by atoms with Gasteiger partial charge >= 0.3 is 0 Å². The van der Waals surface area contributed by atoms with Crippen molar-refractivity contribution < 1.29 is 30.0 Å². The molecular formula is C48H60IrNO2-. The Hall–Kier alpha value is -3.33. The van der Waals surface area contributed by atoms with E-state index in [1.807, 2.05) is 47.7 Å². The van der Waals surface area contributed by atoms with Crippen molar-refractivity contribution in [3.05, 3.63) is 101 Å². The third-order valence-corrected chi connectivity index (χ3v) is 12.6. The SMILES string of the molecule is CCC(C)(CC)C(=O)/C=C(\O)C(C)(CC)CC.Cc1[c-]c(-c2nccc3c2ccc2c4ccc(C5CCC(C)(C)CC5)cc4ccc32)cc(C)c1.[Ir]. The molecule has 279 valence electrons. The number of hydrogen-bond donors (Lipinski definition) is 1. The fourth-order valence-corrected chi connectivity index (χ4v) is 7.74. The van der Waals surface area contributed by atoms with Crippen molar-refractivity contribution in [1.29, 1.82) is 0 Å². The second kappa shape index (κ2) is 16.8. The molecule has 1 aromatic heterocycles. The molecule has 1 aliphatic carbocycles. The number of aromatic nitrogens is 1. The third kappa shape index (κ3) is 8.72. The zero-order valence-electron chi connectivity index (χ0n) is 33.3. The Bertz CT molecular complexity index is 2030. The Morgan fingerprint density at radius 2 is 1.37 bits per heavy atom. The van der Waals surface area contributed by atoms with E-state index in [1.165, 1.54) is 75.2 Å². The summed E-state index contributed by atoms with van der Waals surface area (Å²) in [5.74, 6) is 0.987. The minimum atomic E-state index is -0.337. The van der Waals surface area contributed by atoms with Gasteiger partial charge in [0.15, 0.2) is 5.78 Å². The van der Waals surface area contributed by atoms with Gasteiger partial charge in [-0.05, 0) is 112 Å². The summed E-state index contributed by atoms with van der Waals surface area (Å²) in [4.78, 5) is 17.0. The number of ketones is 1. The number of benzene rings is 4. The second-order valence-corrected chi connectivity index (χ2v) is 16.6. The number of aryl methyl sites for hydroxylation is 2. The molecule has 5 aromatic rings. The van der Waals surface area contributed by atoms with Crippen LogP contribution in [0.1, 0.15) is 129 Å². The van der Waals surface area contributed by atoms with Crippen LogP contribution in [-0.4, -0.2) is 15.9 Å². The summed E-state index contributed by atoms with van der Waals surface area (Å²) in [6.45, 7) is 21.2. The van der Waals surface area contributed by atoms with Crippen LogP contribution in [0.5, 0.6) is 0 Å². The molecule has 0 saturated heterocycles. The Balaban J connectivity index is 0.000000289. The fourth-order valence-electron chi connectivity index (χ4n) is 7.74. The van der Waals surface area contributed by atoms with Gasteiger partial charge in [0.05, 0.1) is 0 Å². The van der Waals surface area contributed by atoms with E-state index in [0.717, 1.165) is 42.5 Å². The minimum absolute atomic E-state index is 0. The van der Waals surface area contributed by atoms with Crippen LogP contribution in [0.15, 0.2) is 78.7 Å². The number of hydrogen-bond acceptors (Lipinski definition) is 3. The molecule has 0 bridgehead atoms. The van der Waals surface area contributed by atoms with Crippen molar-refractivity contribution in [2.75, 3.05) is 0 Å². The van der Waals surface area contributed by atoms with Gasteiger partial charge in [-0.2, -0.15) is 0 Å². The van der Waals surface area contributed by atoms with Gasteiger partial charge in [-0.15, -0.1) is 34.9 Å². The molecule has 1 heterocycles. The Morgan fingerprint density at radius 1 is 0.808 bits per heavy atom. The Kier molecular flexibility index (Phi) is 13.4. The summed E-state index contributed by atoms with van der Waals surface area (Å²) in [7, 11) is 0. The molecule has 3 nitrogen and oxygen atoms in total. The second-order valence-electron chi connectivity index (χ2n) is 16.6. The van der Waals surface area contributed by atoms with Crippen LogP contribution in [0.3, 0.4) is 0 Å². The summed E-state index contributed by atoms with van der Waals surface area (Å²) in [6, 6.07) is 26.4. The zero-order valence-corrected chi connectivity index (χ0v) is 35.7. The number of aliphatic hydroxyl groups excluding tert-OH is 1. The van der Waals surface area contributed by atoms with Crippen molar-refractivity contribution in [3.63, 3.8) is 0 Å². The molecule has 4 heteroatoms. The van der Waals surface area contributed by atoms with Crippen molar-refractivity contribution in [3.8, 4) is 11.3 Å². The maximum absolute atomic E-state index is 12.2. The van der Waals surface area contributed by atoms with Gasteiger partial charge in [-0.3, -0.25) is 4.79 Å². The van der Waals surface area contributed by atoms with E-state index < -0.39 is 0 Å². The average molecular weight is 875 g/mol. The minimum Gasteiger partial charge on any atom is -0.512 e. The number of pyridine rings is 1. The van der Waals surface area contributed by atoms with Crippen molar-refractivity contribution in [1.82, 2.24) is 4.98 Å². The number of carbonyl (C=O) groups excluding carboxylic acids is 1. The maximum Gasteiger partial charge on any atom is 0.164 e. The van der Waals surface area contributed by atoms with Crippen LogP contribution >= 0.6 is 0 Å². The van der Waals surface area contributed by atoms with Crippen LogP contribution in [0, 0.1) is 36.2 Å². The molecular weight excluding hydrogens is 815 g/mol. The number of aliphatic hydroxyl groups is 1. The molecule has 1 aliphatic rings. The van der Waals surface area contributed by atoms with E-state index in [1.54, 1.807) is 0 Å². The Labute approximate surface area is 327 Å². The van der Waals surface area contributed by atoms with Crippen molar-refractivity contribution >= 4 is 38.1 Å². The van der Waals surface area contributed by atoms with Crippen LogP contribution < -0.4 is 0 Å². The predicted molar refractivity (Wildman–Crippen MR) is 219 cm³/mol. The first-order chi connectivity index (χ1) is 24.2. The Morgan fingerprint density at radius 3 is 1.98 bits per heavy atom. The summed E-state index contributed by atoms with van der Waals surface area (Å²) < 4.78 is 0. The first-order valence-corrected chi connectivity index (χ1v) is 19.4. The first kappa shape index (κ1) is 41.4. The van der Waals surface area contributed by atoms with Gasteiger partial charge in [0, 0.05) is 43.2 Å². The van der Waals surface area contributed by atoms with Gasteiger partial charge < -0.3 is 10.1 Å². The fraction of sp³-hybridized carbons (Fsp3) is 0.458. The van der Waals surface area contributed by atoms with Crippen LogP contribution in [0.2, 0.25) is 0 Å². The summed E-state index contributed by atoms with van der Waals surface area (Å²) in [6.07, 6.45) is 12.0. The van der Waals surface area contributed by atoms with E-state index >= 15 is 0 Å². The topological polar surface area (TPSA) is 50.2 Å². The molecule has 1 N–H and O–H groups in total. The monoisotopic (exact) mass is 875 g/mol. The maximum atomic E-state index is 12.2. The van der Waals surface area contributed by atoms with Gasteiger partial charge in [0.25, 0.3) is 0 Å². The summed E-state index contributed by atoms with van der Waals surface area (Å²) in [5, 5.41) is 17.9. The van der Waals surface area contributed by atoms with E-state index in [4.69, 9.17) is 4.98 Å². The molecule has 1 saturated carbocycles. The summed E-state index contributed by atoms with van der Waals surface area (Å²) in [5.41, 5.74) is 5.90. The first-order valence-electron chi connectivity index (χ1n) is 19.4. The van der Waals surface area contributed by atoms with E-state index in [-0.39, 0.29) is 42.5 Å². The smallest absolute Gasteiger partial charge is 0.164 e. The van der Waals surface area contributed by atoms with Crippen molar-refractivity contribution in [2.45, 2.75) is 127 Å². The van der Waals surface area contributed by atoms with E-state index in [2.05, 4.69) is 94.4 Å². The summed E-state index contributed by atoms with van der Waals surface area (Å²) >= 11 is 0. The van der Waals surface area contributed by atoms with Crippen molar-refractivity contribution in [2.24, 2.45) is 16.2 Å². The molecule has 4 aromatic carbocycles. The normalized spacial score (nSPS) is 15.3. The standard InChI is InChI=1S/C33H32N.C15H28O2.Ir/c1-21-17-22(2)19-26(18-21)32-31-10-9-28-27-7-5-24(23-11-14-33(3,4)15-12-23)20-25(27)6-8-29(28)30(31)13-16-34-32;1-7-14(5,8-2)12(16)11-13(17)15(6,9-3)10-4;/h5-10,13,16-18,20,23H,11-12,14-15H2,1-4H3;11,16H,7-10H2,1-6H3;/q-1;;/b;12-11-;. The van der Waals surface area contributed by atoms with Gasteiger partial charge in [-0.1, -0.05) is 112 Å². The van der Waals surface area contributed by atoms with Crippen LogP contribution in [0.4, 0.5) is 0 Å². The molecule has 1 fully saturated rings. The number of fused-ring (bicyclic) bond motifs is 5. The van der Waals surface area contributed by atoms with E-state index in [9.17, 15) is 9.90 Å². The molecule has 52 heavy (non-hydrogen) atoms. The molecule has 0 amide bonds. The molecule has 6 rings (SSSR count). The van der Waals surface area contributed by atoms with E-state index in [0.29, 0.717) is 11.3 Å². The molecule has 0 atom stereocenters. The number of nitrogens with zero attached hydrogens (tertiary/aromatic N) is 1. The van der Waals surface area contributed by atoms with Gasteiger partial charge in [-0.25, -0.2) is 0 Å². The van der Waals surface area contributed by atoms with Gasteiger partial charge in [0.2, 0.25) is 0 Å².